The molecule has 6 heteroatoms. The van der Waals surface area contributed by atoms with Gasteiger partial charge in [-0.3, -0.25) is 0 Å². The Kier molecular flexibility index (Phi) is 4.71. The average molecular weight is 396 g/mol. The number of hydrogen-bond acceptors (Lipinski definition) is 2. The Morgan fingerprint density at radius 2 is 2.28 bits per heavy atom. The fourth-order valence-electron chi connectivity index (χ4n) is 1.92. The molecule has 0 saturated heterocycles. The molecule has 0 spiro atoms. The number of nitrogens with zero attached hydrogens (tertiary/aromatic N) is 1. The number of nitrogens with one attached hydrogen (secondary N) is 1. The third-order valence-electron chi connectivity index (χ3n) is 2.76. The third-order valence-corrected chi connectivity index (χ3v) is 5.01. The average Bonchev–Trinajstić information content (AvgIpc) is 2.62. The predicted molar refractivity (Wildman–Crippen MR) is 87.5 cm³/mol. The van der Waals surface area contributed by atoms with Gasteiger partial charge in [-0.05, 0) is 53.6 Å². The van der Waals surface area contributed by atoms with Crippen LogP contribution in [0.25, 0.3) is 11.0 Å². The van der Waals surface area contributed by atoms with Crippen LogP contribution < -0.4 is 0 Å². The van der Waals surface area contributed by atoms with Gasteiger partial charge in [0.15, 0.2) is 4.77 Å². The summed E-state index contributed by atoms with van der Waals surface area (Å²) in [6.45, 7) is 4.25. The van der Waals surface area contributed by atoms with Crippen molar-refractivity contribution in [2.75, 3.05) is 11.5 Å². The van der Waals surface area contributed by atoms with Crippen LogP contribution >= 0.6 is 46.6 Å². The molecule has 1 aromatic heterocycles. The number of imidazole rings is 1. The summed E-state index contributed by atoms with van der Waals surface area (Å²) in [6.07, 6.45) is 0. The molecule has 0 aliphatic heterocycles. The Bertz CT molecular complexity index is 620. The molecule has 1 unspecified atom stereocenters. The number of rotatable bonds is 4. The number of halogens is 2. The van der Waals surface area contributed by atoms with Crippen molar-refractivity contribution in [3.05, 3.63) is 26.3 Å². The van der Waals surface area contributed by atoms with Crippen LogP contribution in [0.5, 0.6) is 0 Å². The first-order valence-electron chi connectivity index (χ1n) is 5.71. The van der Waals surface area contributed by atoms with Crippen molar-refractivity contribution in [1.82, 2.24) is 9.55 Å². The Balaban J connectivity index is 2.53. The highest BCUT2D eigenvalue weighted by molar-refractivity contribution is 14.1. The molecule has 0 saturated carbocycles. The minimum atomic E-state index is -0.193. The van der Waals surface area contributed by atoms with Gasteiger partial charge < -0.3 is 9.55 Å². The van der Waals surface area contributed by atoms with E-state index in [-0.39, 0.29) is 11.9 Å². The largest absolute Gasteiger partial charge is 0.331 e. The van der Waals surface area contributed by atoms with Crippen molar-refractivity contribution in [3.8, 4) is 0 Å². The van der Waals surface area contributed by atoms with Gasteiger partial charge in [0.1, 0.15) is 5.82 Å². The molecule has 2 rings (SSSR count). The van der Waals surface area contributed by atoms with Crippen LogP contribution in [-0.4, -0.2) is 21.1 Å². The second-order valence-corrected chi connectivity index (χ2v) is 6.96. The van der Waals surface area contributed by atoms with Crippen LogP contribution in [0.2, 0.25) is 0 Å². The van der Waals surface area contributed by atoms with Gasteiger partial charge in [0.2, 0.25) is 0 Å². The molecule has 1 heterocycles. The lowest BCUT2D eigenvalue weighted by Gasteiger charge is -2.13. The summed E-state index contributed by atoms with van der Waals surface area (Å²) in [5, 5.41) is 0. The van der Waals surface area contributed by atoms with Gasteiger partial charge in [-0.1, -0.05) is 6.92 Å². The predicted octanol–water partition coefficient (Wildman–Crippen LogP) is 4.76. The number of fused-ring (bicyclic) bond motifs is 1. The zero-order valence-corrected chi connectivity index (χ0v) is 14.0. The molecule has 98 valence electrons. The first kappa shape index (κ1) is 14.3. The van der Waals surface area contributed by atoms with Crippen molar-refractivity contribution in [2.24, 2.45) is 0 Å². The second kappa shape index (κ2) is 5.92. The van der Waals surface area contributed by atoms with Crippen molar-refractivity contribution in [1.29, 1.82) is 0 Å². The SMILES string of the molecule is CCSCC(C)n1c(=S)[nH]c2cc(I)c(F)cc21. The summed E-state index contributed by atoms with van der Waals surface area (Å²) in [6, 6.07) is 3.63. The molecule has 0 aliphatic carbocycles. The lowest BCUT2D eigenvalue weighted by atomic mass is 10.3. The lowest BCUT2D eigenvalue weighted by Crippen LogP contribution is -2.08. The molecule has 1 aromatic carbocycles. The van der Waals surface area contributed by atoms with E-state index in [1.165, 1.54) is 0 Å². The molecule has 0 amide bonds. The van der Waals surface area contributed by atoms with Crippen molar-refractivity contribution < 1.29 is 4.39 Å². The van der Waals surface area contributed by atoms with E-state index in [2.05, 4.69) is 18.8 Å². The molecule has 0 aliphatic rings. The number of aromatic nitrogens is 2. The molecular formula is C12H14FIN2S2. The van der Waals surface area contributed by atoms with Crippen molar-refractivity contribution >= 4 is 57.6 Å². The molecule has 0 fully saturated rings. The van der Waals surface area contributed by atoms with E-state index < -0.39 is 0 Å². The Morgan fingerprint density at radius 1 is 1.56 bits per heavy atom. The maximum atomic E-state index is 13.7. The molecule has 0 bridgehead atoms. The van der Waals surface area contributed by atoms with Crippen LogP contribution in [0.3, 0.4) is 0 Å². The molecule has 1 N–H and O–H groups in total. The summed E-state index contributed by atoms with van der Waals surface area (Å²) in [7, 11) is 0. The molecule has 2 aromatic rings. The van der Waals surface area contributed by atoms with E-state index in [9.17, 15) is 4.39 Å². The summed E-state index contributed by atoms with van der Waals surface area (Å²) < 4.78 is 17.0. The summed E-state index contributed by atoms with van der Waals surface area (Å²) in [5.74, 6) is 1.86. The van der Waals surface area contributed by atoms with Crippen LogP contribution in [0.15, 0.2) is 12.1 Å². The second-order valence-electron chi connectivity index (χ2n) is 4.09. The van der Waals surface area contributed by atoms with Gasteiger partial charge in [0.25, 0.3) is 0 Å². The van der Waals surface area contributed by atoms with E-state index >= 15 is 0 Å². The lowest BCUT2D eigenvalue weighted by molar-refractivity contribution is 0.607. The number of H-pyrrole nitrogens is 1. The zero-order valence-electron chi connectivity index (χ0n) is 10.2. The highest BCUT2D eigenvalue weighted by atomic mass is 127. The van der Waals surface area contributed by atoms with Crippen LogP contribution in [0.4, 0.5) is 4.39 Å². The smallest absolute Gasteiger partial charge is 0.178 e. The molecule has 0 radical (unpaired) electrons. The van der Waals surface area contributed by atoms with Gasteiger partial charge in [-0.25, -0.2) is 4.39 Å². The minimum absolute atomic E-state index is 0.193. The maximum absolute atomic E-state index is 13.7. The van der Waals surface area contributed by atoms with E-state index in [0.29, 0.717) is 8.34 Å². The molecule has 2 nitrogen and oxygen atoms in total. The Labute approximate surface area is 128 Å². The highest BCUT2D eigenvalue weighted by Gasteiger charge is 2.13. The topological polar surface area (TPSA) is 20.7 Å². The monoisotopic (exact) mass is 396 g/mol. The van der Waals surface area contributed by atoms with Gasteiger partial charge >= 0.3 is 0 Å². The first-order valence-corrected chi connectivity index (χ1v) is 8.35. The summed E-state index contributed by atoms with van der Waals surface area (Å²) in [5.41, 5.74) is 1.75. The fourth-order valence-corrected chi connectivity index (χ4v) is 3.50. The summed E-state index contributed by atoms with van der Waals surface area (Å²) >= 11 is 9.19. The van der Waals surface area contributed by atoms with Crippen molar-refractivity contribution in [2.45, 2.75) is 19.9 Å². The molecule has 1 atom stereocenters. The maximum Gasteiger partial charge on any atom is 0.178 e. The Morgan fingerprint density at radius 3 is 2.94 bits per heavy atom. The van der Waals surface area contributed by atoms with Crippen LogP contribution in [-0.2, 0) is 0 Å². The van der Waals surface area contributed by atoms with E-state index in [1.54, 1.807) is 12.1 Å². The van der Waals surface area contributed by atoms with E-state index in [0.717, 1.165) is 22.5 Å². The Hall–Kier alpha value is -0.0800. The van der Waals surface area contributed by atoms with E-state index in [4.69, 9.17) is 12.2 Å². The van der Waals surface area contributed by atoms with Gasteiger partial charge in [-0.2, -0.15) is 11.8 Å². The standard InChI is InChI=1S/C12H14FIN2S2/c1-3-18-6-7(2)16-11-4-8(13)9(14)5-10(11)15-12(16)17/h4-5,7H,3,6H2,1-2H3,(H,15,17). The highest BCUT2D eigenvalue weighted by Crippen LogP contribution is 2.25. The molecule has 18 heavy (non-hydrogen) atoms. The fraction of sp³-hybridized carbons (Fsp3) is 0.417. The molecular weight excluding hydrogens is 382 g/mol. The quantitative estimate of drug-likeness (QED) is 0.595. The number of benzene rings is 1. The zero-order chi connectivity index (χ0) is 13.3. The van der Waals surface area contributed by atoms with E-state index in [1.807, 2.05) is 38.9 Å². The third kappa shape index (κ3) is 2.75. The van der Waals surface area contributed by atoms with Gasteiger partial charge in [0.05, 0.1) is 14.6 Å². The van der Waals surface area contributed by atoms with Crippen LogP contribution in [0.1, 0.15) is 19.9 Å². The minimum Gasteiger partial charge on any atom is -0.331 e. The van der Waals surface area contributed by atoms with Gasteiger partial charge in [0, 0.05) is 17.9 Å². The number of thioether (sulfide) groups is 1. The number of hydrogen-bond donors (Lipinski definition) is 1. The normalized spacial score (nSPS) is 13.1. The first-order chi connectivity index (χ1) is 8.54. The number of aromatic amines is 1. The van der Waals surface area contributed by atoms with Crippen molar-refractivity contribution in [3.63, 3.8) is 0 Å². The van der Waals surface area contributed by atoms with Gasteiger partial charge in [-0.15, -0.1) is 0 Å². The summed E-state index contributed by atoms with van der Waals surface area (Å²) in [4.78, 5) is 3.15. The van der Waals surface area contributed by atoms with Crippen LogP contribution in [0, 0.1) is 14.2 Å².